The van der Waals surface area contributed by atoms with Gasteiger partial charge in [0.1, 0.15) is 5.82 Å². The fraction of sp³-hybridized carbons (Fsp3) is 0.286. The van der Waals surface area contributed by atoms with Crippen LogP contribution in [0.15, 0.2) is 12.3 Å². The van der Waals surface area contributed by atoms with Crippen LogP contribution in [0.25, 0.3) is 0 Å². The summed E-state index contributed by atoms with van der Waals surface area (Å²) in [6.45, 7) is 0.441. The molecule has 6 N–H and O–H groups in total. The molecule has 0 fully saturated rings. The number of primary amides is 1. The summed E-state index contributed by atoms with van der Waals surface area (Å²) in [5, 5.41) is 2.90. The van der Waals surface area contributed by atoms with Crippen LogP contribution in [0.5, 0.6) is 0 Å². The van der Waals surface area contributed by atoms with Crippen molar-refractivity contribution in [3.05, 3.63) is 12.3 Å². The summed E-state index contributed by atoms with van der Waals surface area (Å²) in [4.78, 5) is 18.2. The van der Waals surface area contributed by atoms with E-state index in [-0.39, 0.29) is 12.3 Å². The lowest BCUT2D eigenvalue weighted by Gasteiger charge is -2.04. The van der Waals surface area contributed by atoms with Crippen LogP contribution >= 0.6 is 0 Å². The third-order valence-corrected chi connectivity index (χ3v) is 1.46. The Bertz CT molecular complexity index is 315. The van der Waals surface area contributed by atoms with E-state index < -0.39 is 0 Å². The monoisotopic (exact) mass is 196 g/mol. The average Bonchev–Trinajstić information content (AvgIpc) is 2.18. The summed E-state index contributed by atoms with van der Waals surface area (Å²) in [7, 11) is 0. The Kier molecular flexibility index (Phi) is 3.62. The predicted octanol–water partition coefficient (Wildman–Crippen LogP) is -0.951. The topological polar surface area (TPSA) is 119 Å². The second kappa shape index (κ2) is 4.97. The van der Waals surface area contributed by atoms with E-state index in [1.807, 2.05) is 0 Å². The number of nitrogen functional groups attached to an aromatic ring is 1. The van der Waals surface area contributed by atoms with Crippen molar-refractivity contribution in [1.29, 1.82) is 0 Å². The molecule has 0 aromatic carbocycles. The number of anilines is 2. The highest BCUT2D eigenvalue weighted by Crippen LogP contribution is 2.03. The number of amides is 1. The summed E-state index contributed by atoms with van der Waals surface area (Å²) in [6.07, 6.45) is 1.81. The zero-order valence-electron chi connectivity index (χ0n) is 7.53. The Balaban J connectivity index is 2.46. The normalized spacial score (nSPS) is 9.50. The van der Waals surface area contributed by atoms with Gasteiger partial charge in [-0.15, -0.1) is 0 Å². The SMILES string of the molecule is NNc1nccc(NCCC(N)=O)n1. The third kappa shape index (κ3) is 3.23. The standard InChI is InChI=1S/C7H12N6O/c8-5(14)1-3-10-6-2-4-11-7(12-6)13-9/h2,4H,1,3,9H2,(H2,8,14)(H2,10,11,12,13). The minimum atomic E-state index is -0.358. The van der Waals surface area contributed by atoms with Crippen molar-refractivity contribution in [2.75, 3.05) is 17.3 Å². The first-order valence-corrected chi connectivity index (χ1v) is 4.04. The molecule has 1 aromatic heterocycles. The molecule has 1 rings (SSSR count). The number of nitrogens with zero attached hydrogens (tertiary/aromatic N) is 2. The van der Waals surface area contributed by atoms with Crippen molar-refractivity contribution >= 4 is 17.7 Å². The molecule has 0 unspecified atom stereocenters. The smallest absolute Gasteiger partial charge is 0.239 e. The molecule has 0 saturated heterocycles. The Morgan fingerprint density at radius 1 is 1.57 bits per heavy atom. The summed E-state index contributed by atoms with van der Waals surface area (Å²) in [5.41, 5.74) is 7.28. The minimum absolute atomic E-state index is 0.259. The third-order valence-electron chi connectivity index (χ3n) is 1.46. The van der Waals surface area contributed by atoms with Gasteiger partial charge in [-0.3, -0.25) is 10.2 Å². The molecule has 0 radical (unpaired) electrons. The Hall–Kier alpha value is -1.89. The van der Waals surface area contributed by atoms with E-state index in [0.29, 0.717) is 18.3 Å². The molecule has 0 atom stereocenters. The predicted molar refractivity (Wildman–Crippen MR) is 52.1 cm³/mol. The molecule has 1 aromatic rings. The number of nitrogens with one attached hydrogen (secondary N) is 2. The van der Waals surface area contributed by atoms with Gasteiger partial charge in [0, 0.05) is 19.2 Å². The second-order valence-corrected chi connectivity index (χ2v) is 2.55. The van der Waals surface area contributed by atoms with E-state index >= 15 is 0 Å². The number of nitrogens with two attached hydrogens (primary N) is 2. The van der Waals surface area contributed by atoms with E-state index in [9.17, 15) is 4.79 Å². The summed E-state index contributed by atoms with van der Waals surface area (Å²) in [5.74, 6) is 5.67. The van der Waals surface area contributed by atoms with Crippen LogP contribution in [-0.2, 0) is 4.79 Å². The first-order chi connectivity index (χ1) is 6.72. The fourth-order valence-electron chi connectivity index (χ4n) is 0.840. The summed E-state index contributed by atoms with van der Waals surface area (Å²) < 4.78 is 0. The van der Waals surface area contributed by atoms with Gasteiger partial charge in [0.25, 0.3) is 0 Å². The molecule has 7 heteroatoms. The molecular weight excluding hydrogens is 184 g/mol. The highest BCUT2D eigenvalue weighted by atomic mass is 16.1. The first kappa shape index (κ1) is 10.2. The van der Waals surface area contributed by atoms with Crippen LogP contribution < -0.4 is 22.3 Å². The van der Waals surface area contributed by atoms with Crippen molar-refractivity contribution in [2.24, 2.45) is 11.6 Å². The second-order valence-electron chi connectivity index (χ2n) is 2.55. The minimum Gasteiger partial charge on any atom is -0.370 e. The van der Waals surface area contributed by atoms with Gasteiger partial charge in [0.05, 0.1) is 0 Å². The molecule has 76 valence electrons. The van der Waals surface area contributed by atoms with Gasteiger partial charge in [-0.05, 0) is 6.07 Å². The Morgan fingerprint density at radius 2 is 2.36 bits per heavy atom. The van der Waals surface area contributed by atoms with E-state index in [1.165, 1.54) is 0 Å². The number of aromatic nitrogens is 2. The van der Waals surface area contributed by atoms with Gasteiger partial charge in [-0.25, -0.2) is 10.8 Å². The number of hydrazine groups is 1. The fourth-order valence-corrected chi connectivity index (χ4v) is 0.840. The van der Waals surface area contributed by atoms with E-state index in [1.54, 1.807) is 12.3 Å². The average molecular weight is 196 g/mol. The van der Waals surface area contributed by atoms with Gasteiger partial charge >= 0.3 is 0 Å². The number of hydrogen-bond acceptors (Lipinski definition) is 6. The molecule has 1 amide bonds. The van der Waals surface area contributed by atoms with Crippen molar-refractivity contribution in [2.45, 2.75) is 6.42 Å². The van der Waals surface area contributed by atoms with E-state index in [0.717, 1.165) is 0 Å². The lowest BCUT2D eigenvalue weighted by Crippen LogP contribution is -2.17. The van der Waals surface area contributed by atoms with Crippen LogP contribution in [0, 0.1) is 0 Å². The van der Waals surface area contributed by atoms with Gasteiger partial charge in [-0.2, -0.15) is 4.98 Å². The van der Waals surface area contributed by atoms with Crippen molar-refractivity contribution in [3.8, 4) is 0 Å². The zero-order chi connectivity index (χ0) is 10.4. The molecular formula is C7H12N6O. The number of rotatable bonds is 5. The van der Waals surface area contributed by atoms with Crippen LogP contribution in [0.4, 0.5) is 11.8 Å². The lowest BCUT2D eigenvalue weighted by molar-refractivity contribution is -0.117. The molecule has 1 heterocycles. The maximum atomic E-state index is 10.4. The molecule has 14 heavy (non-hydrogen) atoms. The molecule has 0 bridgehead atoms. The number of carbonyl (C=O) groups is 1. The van der Waals surface area contributed by atoms with Crippen molar-refractivity contribution in [3.63, 3.8) is 0 Å². The van der Waals surface area contributed by atoms with Crippen LogP contribution in [-0.4, -0.2) is 22.4 Å². The molecule has 0 aliphatic heterocycles. The lowest BCUT2D eigenvalue weighted by atomic mass is 10.4. The highest BCUT2D eigenvalue weighted by molar-refractivity contribution is 5.74. The molecule has 0 saturated carbocycles. The quantitative estimate of drug-likeness (QED) is 0.356. The number of carbonyl (C=O) groups excluding carboxylic acids is 1. The van der Waals surface area contributed by atoms with Crippen LogP contribution in [0.2, 0.25) is 0 Å². The summed E-state index contributed by atoms with van der Waals surface area (Å²) in [6, 6.07) is 1.67. The van der Waals surface area contributed by atoms with Crippen LogP contribution in [0.3, 0.4) is 0 Å². The zero-order valence-corrected chi connectivity index (χ0v) is 7.53. The summed E-state index contributed by atoms with van der Waals surface area (Å²) >= 11 is 0. The van der Waals surface area contributed by atoms with Gasteiger partial charge < -0.3 is 11.1 Å². The van der Waals surface area contributed by atoms with Gasteiger partial charge in [-0.1, -0.05) is 0 Å². The van der Waals surface area contributed by atoms with Gasteiger partial charge in [0.15, 0.2) is 0 Å². The van der Waals surface area contributed by atoms with E-state index in [4.69, 9.17) is 11.6 Å². The van der Waals surface area contributed by atoms with E-state index in [2.05, 4.69) is 20.7 Å². The Labute approximate surface area is 80.9 Å². The maximum Gasteiger partial charge on any atom is 0.239 e. The largest absolute Gasteiger partial charge is 0.370 e. The van der Waals surface area contributed by atoms with Gasteiger partial charge in [0.2, 0.25) is 11.9 Å². The molecule has 0 spiro atoms. The van der Waals surface area contributed by atoms with Crippen LogP contribution in [0.1, 0.15) is 6.42 Å². The Morgan fingerprint density at radius 3 is 3.00 bits per heavy atom. The first-order valence-electron chi connectivity index (χ1n) is 4.04. The molecule has 7 nitrogen and oxygen atoms in total. The highest BCUT2D eigenvalue weighted by Gasteiger charge is 1.97. The molecule has 0 aliphatic carbocycles. The molecule has 0 aliphatic rings. The number of hydrogen-bond donors (Lipinski definition) is 4. The maximum absolute atomic E-state index is 10.4. The van der Waals surface area contributed by atoms with Crippen molar-refractivity contribution in [1.82, 2.24) is 9.97 Å². The van der Waals surface area contributed by atoms with Crippen molar-refractivity contribution < 1.29 is 4.79 Å².